The Hall–Kier alpha value is -1.73. The van der Waals surface area contributed by atoms with Crippen LogP contribution in [0.5, 0.6) is 0 Å². The zero-order valence-electron chi connectivity index (χ0n) is 15.2. The Balaban J connectivity index is 1.77. The molecule has 2 aromatic carbocycles. The molecule has 6 heteroatoms. The van der Waals surface area contributed by atoms with Gasteiger partial charge in [0.15, 0.2) is 0 Å². The van der Waals surface area contributed by atoms with Gasteiger partial charge >= 0.3 is 0 Å². The Kier molecular flexibility index (Phi) is 6.09. The van der Waals surface area contributed by atoms with Crippen molar-refractivity contribution < 1.29 is 13.2 Å². The van der Waals surface area contributed by atoms with Gasteiger partial charge in [0, 0.05) is 25.6 Å². The lowest BCUT2D eigenvalue weighted by atomic mass is 9.92. The van der Waals surface area contributed by atoms with Crippen LogP contribution in [0.3, 0.4) is 0 Å². The summed E-state index contributed by atoms with van der Waals surface area (Å²) in [6, 6.07) is 20.0. The van der Waals surface area contributed by atoms with Crippen molar-refractivity contribution in [1.82, 2.24) is 9.03 Å². The number of hydrogen-bond acceptors (Lipinski definition) is 3. The Bertz CT molecular complexity index is 747. The minimum Gasteiger partial charge on any atom is -0.373 e. The maximum atomic E-state index is 12.8. The van der Waals surface area contributed by atoms with Crippen LogP contribution in [0.25, 0.3) is 0 Å². The fraction of sp³-hybridized carbons (Fsp3) is 0.400. The second-order valence-corrected chi connectivity index (χ2v) is 8.56. The van der Waals surface area contributed by atoms with Gasteiger partial charge in [-0.05, 0) is 25.0 Å². The van der Waals surface area contributed by atoms with Crippen LogP contribution in [0.15, 0.2) is 60.7 Å². The molecule has 3 rings (SSSR count). The molecular weight excluding hydrogens is 348 g/mol. The molecule has 0 aromatic heterocycles. The van der Waals surface area contributed by atoms with Gasteiger partial charge in [-0.15, -0.1) is 0 Å². The van der Waals surface area contributed by atoms with Crippen molar-refractivity contribution in [1.29, 1.82) is 0 Å². The third kappa shape index (κ3) is 4.71. The lowest BCUT2D eigenvalue weighted by Crippen LogP contribution is -2.52. The van der Waals surface area contributed by atoms with Crippen LogP contribution in [-0.4, -0.2) is 44.6 Å². The van der Waals surface area contributed by atoms with E-state index in [0.717, 1.165) is 11.1 Å². The average molecular weight is 375 g/mol. The van der Waals surface area contributed by atoms with Crippen LogP contribution < -0.4 is 4.72 Å². The van der Waals surface area contributed by atoms with E-state index in [9.17, 15) is 8.42 Å². The van der Waals surface area contributed by atoms with E-state index in [2.05, 4.69) is 4.72 Å². The first-order valence-electron chi connectivity index (χ1n) is 8.96. The summed E-state index contributed by atoms with van der Waals surface area (Å²) in [6.45, 7) is 4.86. The maximum absolute atomic E-state index is 12.8. The van der Waals surface area contributed by atoms with Gasteiger partial charge in [0.25, 0.3) is 10.2 Å². The Morgan fingerprint density at radius 1 is 0.962 bits per heavy atom. The van der Waals surface area contributed by atoms with Gasteiger partial charge in [0.2, 0.25) is 0 Å². The van der Waals surface area contributed by atoms with Crippen LogP contribution >= 0.6 is 0 Å². The third-order valence-electron chi connectivity index (χ3n) is 4.60. The number of ether oxygens (including phenoxy) is 1. The minimum atomic E-state index is -3.56. The lowest BCUT2D eigenvalue weighted by molar-refractivity contribution is -0.0443. The highest BCUT2D eigenvalue weighted by atomic mass is 32.2. The summed E-state index contributed by atoms with van der Waals surface area (Å²) in [5, 5.41) is 0. The van der Waals surface area contributed by atoms with Crippen molar-refractivity contribution in [3.8, 4) is 0 Å². The smallest absolute Gasteiger partial charge is 0.279 e. The maximum Gasteiger partial charge on any atom is 0.279 e. The molecule has 0 amide bonds. The monoisotopic (exact) mass is 374 g/mol. The highest BCUT2D eigenvalue weighted by Crippen LogP contribution is 2.24. The summed E-state index contributed by atoms with van der Waals surface area (Å²) < 4.78 is 35.5. The summed E-state index contributed by atoms with van der Waals surface area (Å²) in [5.41, 5.74) is 2.18. The van der Waals surface area contributed by atoms with Crippen LogP contribution in [-0.2, 0) is 14.9 Å². The molecule has 1 aliphatic rings. The van der Waals surface area contributed by atoms with E-state index in [0.29, 0.717) is 19.6 Å². The Morgan fingerprint density at radius 3 is 1.88 bits per heavy atom. The zero-order valence-corrected chi connectivity index (χ0v) is 16.0. The predicted molar refractivity (Wildman–Crippen MR) is 103 cm³/mol. The fourth-order valence-electron chi connectivity index (χ4n) is 3.41. The normalized spacial score (nSPS) is 21.8. The summed E-state index contributed by atoms with van der Waals surface area (Å²) in [7, 11) is -3.56. The Morgan fingerprint density at radius 2 is 1.42 bits per heavy atom. The molecular formula is C20H26N2O3S. The minimum absolute atomic E-state index is 0.0388. The van der Waals surface area contributed by atoms with Gasteiger partial charge in [-0.25, -0.2) is 4.72 Å². The van der Waals surface area contributed by atoms with E-state index in [1.54, 1.807) is 0 Å². The molecule has 2 aromatic rings. The van der Waals surface area contributed by atoms with E-state index in [-0.39, 0.29) is 18.1 Å². The molecule has 0 bridgehead atoms. The number of benzene rings is 2. The fourth-order valence-corrected chi connectivity index (χ4v) is 4.78. The van der Waals surface area contributed by atoms with E-state index in [1.807, 2.05) is 74.5 Å². The SMILES string of the molecule is CC1CN(S(=O)(=O)NCC(c2ccccc2)c2ccccc2)CC(C)O1. The number of nitrogens with zero attached hydrogens (tertiary/aromatic N) is 1. The van der Waals surface area contributed by atoms with Crippen molar-refractivity contribution in [3.63, 3.8) is 0 Å². The van der Waals surface area contributed by atoms with E-state index in [4.69, 9.17) is 4.74 Å². The second-order valence-electron chi connectivity index (χ2n) is 6.80. The number of rotatable bonds is 6. The van der Waals surface area contributed by atoms with E-state index >= 15 is 0 Å². The molecule has 1 saturated heterocycles. The Labute approximate surface area is 156 Å². The van der Waals surface area contributed by atoms with Crippen molar-refractivity contribution in [2.45, 2.75) is 32.0 Å². The van der Waals surface area contributed by atoms with Crippen LogP contribution in [0.1, 0.15) is 30.9 Å². The molecule has 140 valence electrons. The molecule has 1 fully saturated rings. The first-order valence-corrected chi connectivity index (χ1v) is 10.4. The summed E-state index contributed by atoms with van der Waals surface area (Å²) in [6.07, 6.45) is -0.205. The second kappa shape index (κ2) is 8.31. The zero-order chi connectivity index (χ0) is 18.6. The predicted octanol–water partition coefficient (Wildman–Crippen LogP) is 2.76. The molecule has 0 aliphatic carbocycles. The number of morpholine rings is 1. The topological polar surface area (TPSA) is 58.6 Å². The van der Waals surface area contributed by atoms with Crippen LogP contribution in [0.2, 0.25) is 0 Å². The van der Waals surface area contributed by atoms with Gasteiger partial charge in [-0.1, -0.05) is 60.7 Å². The van der Waals surface area contributed by atoms with Gasteiger partial charge in [0.05, 0.1) is 12.2 Å². The molecule has 0 spiro atoms. The summed E-state index contributed by atoms with van der Waals surface area (Å²) in [4.78, 5) is 0. The summed E-state index contributed by atoms with van der Waals surface area (Å²) in [5.74, 6) is -0.0388. The molecule has 0 radical (unpaired) electrons. The van der Waals surface area contributed by atoms with Crippen LogP contribution in [0, 0.1) is 0 Å². The van der Waals surface area contributed by atoms with Crippen LogP contribution in [0.4, 0.5) is 0 Å². The molecule has 1 heterocycles. The standard InChI is InChI=1S/C20H26N2O3S/c1-16-14-22(15-17(2)25-16)26(23,24)21-13-20(18-9-5-3-6-10-18)19-11-7-4-8-12-19/h3-12,16-17,20-21H,13-15H2,1-2H3. The van der Waals surface area contributed by atoms with E-state index in [1.165, 1.54) is 4.31 Å². The van der Waals surface area contributed by atoms with Crippen molar-refractivity contribution >= 4 is 10.2 Å². The van der Waals surface area contributed by atoms with E-state index < -0.39 is 10.2 Å². The van der Waals surface area contributed by atoms with Gasteiger partial charge in [0.1, 0.15) is 0 Å². The first-order chi connectivity index (χ1) is 12.5. The largest absolute Gasteiger partial charge is 0.373 e. The van der Waals surface area contributed by atoms with Crippen molar-refractivity contribution in [2.24, 2.45) is 0 Å². The highest BCUT2D eigenvalue weighted by molar-refractivity contribution is 7.87. The molecule has 1 aliphatic heterocycles. The van der Waals surface area contributed by atoms with Gasteiger partial charge < -0.3 is 4.74 Å². The summed E-state index contributed by atoms with van der Waals surface area (Å²) >= 11 is 0. The average Bonchev–Trinajstić information content (AvgIpc) is 2.63. The van der Waals surface area contributed by atoms with Gasteiger partial charge in [-0.3, -0.25) is 0 Å². The lowest BCUT2D eigenvalue weighted by Gasteiger charge is -2.34. The first kappa shape index (κ1) is 19.0. The molecule has 5 nitrogen and oxygen atoms in total. The molecule has 2 atom stereocenters. The molecule has 26 heavy (non-hydrogen) atoms. The van der Waals surface area contributed by atoms with Crippen molar-refractivity contribution in [3.05, 3.63) is 71.8 Å². The van der Waals surface area contributed by atoms with Gasteiger partial charge in [-0.2, -0.15) is 12.7 Å². The highest BCUT2D eigenvalue weighted by Gasteiger charge is 2.31. The number of nitrogens with one attached hydrogen (secondary N) is 1. The van der Waals surface area contributed by atoms with Crippen molar-refractivity contribution in [2.75, 3.05) is 19.6 Å². The third-order valence-corrected chi connectivity index (χ3v) is 6.11. The molecule has 1 N–H and O–H groups in total. The number of hydrogen-bond donors (Lipinski definition) is 1. The molecule has 0 saturated carbocycles. The quantitative estimate of drug-likeness (QED) is 0.846. The molecule has 2 unspecified atom stereocenters.